The van der Waals surface area contributed by atoms with Crippen molar-refractivity contribution in [3.63, 3.8) is 0 Å². The Labute approximate surface area is 142 Å². The SMILES string of the molecule is CC(=O)Nc1cc(NC(=O)C(C)NC(=O)OC(C)(C)C)ccc1C. The average molecular weight is 335 g/mol. The Morgan fingerprint density at radius 1 is 1.12 bits per heavy atom. The van der Waals surface area contributed by atoms with Crippen LogP contribution in [0.5, 0.6) is 0 Å². The number of carbonyl (C=O) groups excluding carboxylic acids is 3. The number of alkyl carbamates (subject to hydrolysis) is 1. The average Bonchev–Trinajstić information content (AvgIpc) is 2.39. The van der Waals surface area contributed by atoms with Crippen molar-refractivity contribution in [2.75, 3.05) is 10.6 Å². The van der Waals surface area contributed by atoms with Crippen LogP contribution in [0.15, 0.2) is 18.2 Å². The molecule has 0 saturated heterocycles. The van der Waals surface area contributed by atoms with E-state index in [2.05, 4.69) is 16.0 Å². The molecule has 0 fully saturated rings. The molecule has 0 saturated carbocycles. The minimum absolute atomic E-state index is 0.193. The van der Waals surface area contributed by atoms with Crippen LogP contribution in [0, 0.1) is 6.92 Å². The van der Waals surface area contributed by atoms with Crippen LogP contribution in [0.3, 0.4) is 0 Å². The van der Waals surface area contributed by atoms with Crippen LogP contribution >= 0.6 is 0 Å². The molecule has 0 aromatic heterocycles. The second kappa shape index (κ2) is 7.81. The Morgan fingerprint density at radius 3 is 2.29 bits per heavy atom. The van der Waals surface area contributed by atoms with Gasteiger partial charge >= 0.3 is 6.09 Å². The van der Waals surface area contributed by atoms with Crippen LogP contribution in [-0.4, -0.2) is 29.6 Å². The molecule has 1 atom stereocenters. The van der Waals surface area contributed by atoms with Crippen LogP contribution in [0.4, 0.5) is 16.2 Å². The third-order valence-corrected chi connectivity index (χ3v) is 2.94. The highest BCUT2D eigenvalue weighted by molar-refractivity contribution is 5.97. The van der Waals surface area contributed by atoms with Gasteiger partial charge in [-0.15, -0.1) is 0 Å². The van der Waals surface area contributed by atoms with E-state index in [-0.39, 0.29) is 5.91 Å². The summed E-state index contributed by atoms with van der Waals surface area (Å²) in [5, 5.41) is 7.86. The van der Waals surface area contributed by atoms with Gasteiger partial charge in [-0.3, -0.25) is 9.59 Å². The molecular weight excluding hydrogens is 310 g/mol. The van der Waals surface area contributed by atoms with Gasteiger partial charge in [-0.1, -0.05) is 6.07 Å². The van der Waals surface area contributed by atoms with Gasteiger partial charge in [-0.2, -0.15) is 0 Å². The van der Waals surface area contributed by atoms with E-state index in [1.165, 1.54) is 6.92 Å². The molecule has 0 heterocycles. The molecular formula is C17H25N3O4. The first kappa shape index (κ1) is 19.5. The predicted molar refractivity (Wildman–Crippen MR) is 92.9 cm³/mol. The molecule has 0 radical (unpaired) electrons. The quantitative estimate of drug-likeness (QED) is 0.788. The van der Waals surface area contributed by atoms with Crippen molar-refractivity contribution < 1.29 is 19.1 Å². The fourth-order valence-corrected chi connectivity index (χ4v) is 1.82. The molecule has 0 aliphatic heterocycles. The van der Waals surface area contributed by atoms with Crippen LogP contribution in [0.2, 0.25) is 0 Å². The summed E-state index contributed by atoms with van der Waals surface area (Å²) in [5.41, 5.74) is 1.38. The zero-order valence-corrected chi connectivity index (χ0v) is 14.9. The van der Waals surface area contributed by atoms with E-state index in [0.717, 1.165) is 5.56 Å². The van der Waals surface area contributed by atoms with Crippen LogP contribution < -0.4 is 16.0 Å². The van der Waals surface area contributed by atoms with Crippen molar-refractivity contribution >= 4 is 29.3 Å². The fourth-order valence-electron chi connectivity index (χ4n) is 1.82. The number of rotatable bonds is 4. The number of aryl methyl sites for hydroxylation is 1. The molecule has 1 aromatic rings. The van der Waals surface area contributed by atoms with Crippen molar-refractivity contribution in [1.29, 1.82) is 0 Å². The highest BCUT2D eigenvalue weighted by Gasteiger charge is 2.21. The lowest BCUT2D eigenvalue weighted by Gasteiger charge is -2.21. The van der Waals surface area contributed by atoms with Gasteiger partial charge in [-0.05, 0) is 52.3 Å². The van der Waals surface area contributed by atoms with Crippen molar-refractivity contribution in [3.05, 3.63) is 23.8 Å². The monoisotopic (exact) mass is 335 g/mol. The first-order chi connectivity index (χ1) is 11.0. The number of ether oxygens (including phenoxy) is 1. The minimum Gasteiger partial charge on any atom is -0.444 e. The van der Waals surface area contributed by atoms with E-state index in [0.29, 0.717) is 11.4 Å². The summed E-state index contributed by atoms with van der Waals surface area (Å²) in [7, 11) is 0. The molecule has 7 nitrogen and oxygen atoms in total. The molecule has 0 aliphatic rings. The van der Waals surface area contributed by atoms with E-state index in [9.17, 15) is 14.4 Å². The maximum absolute atomic E-state index is 12.2. The van der Waals surface area contributed by atoms with E-state index in [1.807, 2.05) is 6.92 Å². The summed E-state index contributed by atoms with van der Waals surface area (Å²) >= 11 is 0. The first-order valence-corrected chi connectivity index (χ1v) is 7.66. The maximum Gasteiger partial charge on any atom is 0.408 e. The summed E-state index contributed by atoms with van der Waals surface area (Å²) in [6, 6.07) is 4.39. The predicted octanol–water partition coefficient (Wildman–Crippen LogP) is 2.81. The molecule has 24 heavy (non-hydrogen) atoms. The van der Waals surface area contributed by atoms with Crippen molar-refractivity contribution in [2.24, 2.45) is 0 Å². The van der Waals surface area contributed by atoms with E-state index < -0.39 is 23.6 Å². The molecule has 1 unspecified atom stereocenters. The second-order valence-electron chi connectivity index (χ2n) is 6.57. The molecule has 0 spiro atoms. The topological polar surface area (TPSA) is 96.5 Å². The highest BCUT2D eigenvalue weighted by Crippen LogP contribution is 2.20. The number of hydrogen-bond acceptors (Lipinski definition) is 4. The van der Waals surface area contributed by atoms with E-state index in [4.69, 9.17) is 4.74 Å². The standard InChI is InChI=1S/C17H25N3O4/c1-10-7-8-13(9-14(10)19-12(3)21)20-15(22)11(2)18-16(23)24-17(4,5)6/h7-9,11H,1-6H3,(H,18,23)(H,19,21)(H,20,22). The summed E-state index contributed by atoms with van der Waals surface area (Å²) in [4.78, 5) is 35.0. The van der Waals surface area contributed by atoms with Crippen molar-refractivity contribution in [1.82, 2.24) is 5.32 Å². The number of benzene rings is 1. The van der Waals surface area contributed by atoms with Crippen LogP contribution in [0.1, 0.15) is 40.2 Å². The molecule has 7 heteroatoms. The third kappa shape index (κ3) is 6.68. The molecule has 0 aliphatic carbocycles. The van der Waals surface area contributed by atoms with Gasteiger partial charge in [0.15, 0.2) is 0 Å². The first-order valence-electron chi connectivity index (χ1n) is 7.66. The van der Waals surface area contributed by atoms with Crippen LogP contribution in [-0.2, 0) is 14.3 Å². The van der Waals surface area contributed by atoms with Gasteiger partial charge in [0.1, 0.15) is 11.6 Å². The third-order valence-electron chi connectivity index (χ3n) is 2.94. The maximum atomic E-state index is 12.2. The van der Waals surface area contributed by atoms with Gasteiger partial charge in [0.25, 0.3) is 0 Å². The molecule has 1 aromatic carbocycles. The van der Waals surface area contributed by atoms with Crippen molar-refractivity contribution in [3.8, 4) is 0 Å². The number of anilines is 2. The number of hydrogen-bond donors (Lipinski definition) is 3. The minimum atomic E-state index is -0.773. The Balaban J connectivity index is 2.70. The zero-order chi connectivity index (χ0) is 18.5. The molecule has 0 bridgehead atoms. The fraction of sp³-hybridized carbons (Fsp3) is 0.471. The van der Waals surface area contributed by atoms with E-state index in [1.54, 1.807) is 45.9 Å². The lowest BCUT2D eigenvalue weighted by Crippen LogP contribution is -2.43. The summed E-state index contributed by atoms with van der Waals surface area (Å²) in [5.74, 6) is -0.583. The van der Waals surface area contributed by atoms with Crippen molar-refractivity contribution in [2.45, 2.75) is 53.2 Å². The van der Waals surface area contributed by atoms with Gasteiger partial charge in [0.2, 0.25) is 11.8 Å². The van der Waals surface area contributed by atoms with Gasteiger partial charge in [-0.25, -0.2) is 4.79 Å². The normalized spacial score (nSPS) is 12.1. The smallest absolute Gasteiger partial charge is 0.408 e. The summed E-state index contributed by atoms with van der Waals surface area (Å²) in [6.45, 7) is 10.1. The van der Waals surface area contributed by atoms with E-state index >= 15 is 0 Å². The Morgan fingerprint density at radius 2 is 1.75 bits per heavy atom. The number of carbonyl (C=O) groups is 3. The largest absolute Gasteiger partial charge is 0.444 e. The Bertz CT molecular complexity index is 635. The highest BCUT2D eigenvalue weighted by atomic mass is 16.6. The Hall–Kier alpha value is -2.57. The zero-order valence-electron chi connectivity index (χ0n) is 14.9. The van der Waals surface area contributed by atoms with Crippen LogP contribution in [0.25, 0.3) is 0 Å². The summed E-state index contributed by atoms with van der Waals surface area (Å²) < 4.78 is 5.11. The van der Waals surface area contributed by atoms with Gasteiger partial charge in [0, 0.05) is 18.3 Å². The number of nitrogens with one attached hydrogen (secondary N) is 3. The molecule has 3 N–H and O–H groups in total. The van der Waals surface area contributed by atoms with Gasteiger partial charge < -0.3 is 20.7 Å². The molecule has 3 amide bonds. The molecule has 132 valence electrons. The number of amides is 3. The summed E-state index contributed by atoms with van der Waals surface area (Å²) in [6.07, 6.45) is -0.659. The lowest BCUT2D eigenvalue weighted by molar-refractivity contribution is -0.117. The second-order valence-corrected chi connectivity index (χ2v) is 6.57. The Kier molecular flexibility index (Phi) is 6.34. The lowest BCUT2D eigenvalue weighted by atomic mass is 10.1. The van der Waals surface area contributed by atoms with Gasteiger partial charge in [0.05, 0.1) is 0 Å². The molecule has 1 rings (SSSR count).